The number of hydrogen-bond acceptors (Lipinski definition) is 3. The smallest absolute Gasteiger partial charge is 0.241 e. The van der Waals surface area contributed by atoms with E-state index in [2.05, 4.69) is 5.32 Å². The molecule has 2 aromatic rings. The van der Waals surface area contributed by atoms with Gasteiger partial charge in [0, 0.05) is 11.7 Å². The molecule has 0 radical (unpaired) electrons. The van der Waals surface area contributed by atoms with E-state index >= 15 is 0 Å². The molecule has 0 saturated heterocycles. The van der Waals surface area contributed by atoms with Gasteiger partial charge in [0.2, 0.25) is 11.8 Å². The van der Waals surface area contributed by atoms with Gasteiger partial charge in [-0.2, -0.15) is 0 Å². The van der Waals surface area contributed by atoms with E-state index in [1.165, 1.54) is 5.56 Å². The van der Waals surface area contributed by atoms with E-state index in [0.717, 1.165) is 12.1 Å². The van der Waals surface area contributed by atoms with Crippen molar-refractivity contribution in [3.05, 3.63) is 58.1 Å². The summed E-state index contributed by atoms with van der Waals surface area (Å²) >= 11 is 12.1. The highest BCUT2D eigenvalue weighted by Crippen LogP contribution is 2.32. The number of hydrogen-bond donors (Lipinski definition) is 1. The Bertz CT molecular complexity index is 852. The van der Waals surface area contributed by atoms with Crippen molar-refractivity contribution < 1.29 is 9.59 Å². The third-order valence-electron chi connectivity index (χ3n) is 4.52. The van der Waals surface area contributed by atoms with E-state index in [1.54, 1.807) is 30.1 Å². The standard InChI is InChI=1S/C20H21Cl2N3O2/c1-13-10-14-6-3-4-9-17(14)25(13)19(27)12-24(2)11-18(26)23-20-15(21)7-5-8-16(20)22/h3-9,13H,10-12H2,1-2H3,(H,23,26). The van der Waals surface area contributed by atoms with Crippen molar-refractivity contribution in [1.82, 2.24) is 4.90 Å². The molecule has 0 saturated carbocycles. The first-order valence-electron chi connectivity index (χ1n) is 8.69. The summed E-state index contributed by atoms with van der Waals surface area (Å²) in [6, 6.07) is 13.0. The highest BCUT2D eigenvalue weighted by molar-refractivity contribution is 6.39. The van der Waals surface area contributed by atoms with Crippen molar-refractivity contribution in [2.45, 2.75) is 19.4 Å². The average molecular weight is 406 g/mol. The minimum atomic E-state index is -0.282. The zero-order valence-corrected chi connectivity index (χ0v) is 16.7. The molecule has 1 aliphatic heterocycles. The SMILES string of the molecule is CC1Cc2ccccc2N1C(=O)CN(C)CC(=O)Nc1c(Cl)cccc1Cl. The predicted octanol–water partition coefficient (Wildman–Crippen LogP) is 3.84. The van der Waals surface area contributed by atoms with Crippen LogP contribution in [0.2, 0.25) is 10.0 Å². The fourth-order valence-electron chi connectivity index (χ4n) is 3.35. The van der Waals surface area contributed by atoms with Crippen LogP contribution in [-0.4, -0.2) is 42.9 Å². The number of rotatable bonds is 5. The first-order chi connectivity index (χ1) is 12.9. The van der Waals surface area contributed by atoms with E-state index in [9.17, 15) is 9.59 Å². The number of benzene rings is 2. The number of fused-ring (bicyclic) bond motifs is 1. The topological polar surface area (TPSA) is 52.7 Å². The lowest BCUT2D eigenvalue weighted by atomic mass is 10.1. The van der Waals surface area contributed by atoms with Gasteiger partial charge in [0.1, 0.15) is 0 Å². The number of carbonyl (C=O) groups is 2. The summed E-state index contributed by atoms with van der Waals surface area (Å²) in [5, 5.41) is 3.45. The van der Waals surface area contributed by atoms with Crippen LogP contribution in [0.4, 0.5) is 11.4 Å². The highest BCUT2D eigenvalue weighted by atomic mass is 35.5. The largest absolute Gasteiger partial charge is 0.322 e. The Kier molecular flexibility index (Phi) is 6.05. The molecule has 1 aliphatic rings. The zero-order valence-electron chi connectivity index (χ0n) is 15.2. The third-order valence-corrected chi connectivity index (χ3v) is 5.15. The second kappa shape index (κ2) is 8.30. The summed E-state index contributed by atoms with van der Waals surface area (Å²) in [7, 11) is 1.73. The molecule has 1 heterocycles. The lowest BCUT2D eigenvalue weighted by Crippen LogP contribution is -2.43. The van der Waals surface area contributed by atoms with Gasteiger partial charge in [-0.1, -0.05) is 47.5 Å². The molecule has 5 nitrogen and oxygen atoms in total. The van der Waals surface area contributed by atoms with Gasteiger partial charge in [-0.15, -0.1) is 0 Å². The van der Waals surface area contributed by atoms with Crippen molar-refractivity contribution in [2.24, 2.45) is 0 Å². The molecule has 3 rings (SSSR count). The monoisotopic (exact) mass is 405 g/mol. The molecule has 142 valence electrons. The third kappa shape index (κ3) is 4.43. The Hall–Kier alpha value is -2.08. The zero-order chi connectivity index (χ0) is 19.6. The van der Waals surface area contributed by atoms with Crippen LogP contribution < -0.4 is 10.2 Å². The van der Waals surface area contributed by atoms with Gasteiger partial charge in [-0.25, -0.2) is 0 Å². The molecule has 1 N–H and O–H groups in total. The highest BCUT2D eigenvalue weighted by Gasteiger charge is 2.31. The summed E-state index contributed by atoms with van der Waals surface area (Å²) in [5.41, 5.74) is 2.51. The molecule has 0 spiro atoms. The van der Waals surface area contributed by atoms with Gasteiger partial charge in [-0.3, -0.25) is 14.5 Å². The number of nitrogens with zero attached hydrogens (tertiary/aromatic N) is 2. The maximum atomic E-state index is 12.8. The fraction of sp³-hybridized carbons (Fsp3) is 0.300. The number of amides is 2. The second-order valence-corrected chi connectivity index (χ2v) is 7.58. The summed E-state index contributed by atoms with van der Waals surface area (Å²) in [4.78, 5) is 28.6. The van der Waals surface area contributed by atoms with E-state index in [0.29, 0.717) is 15.7 Å². The second-order valence-electron chi connectivity index (χ2n) is 6.76. The molecule has 0 bridgehead atoms. The van der Waals surface area contributed by atoms with Crippen molar-refractivity contribution in [3.63, 3.8) is 0 Å². The van der Waals surface area contributed by atoms with E-state index < -0.39 is 0 Å². The molecule has 2 aromatic carbocycles. The van der Waals surface area contributed by atoms with Crippen molar-refractivity contribution in [2.75, 3.05) is 30.4 Å². The first kappa shape index (κ1) is 19.7. The molecule has 1 atom stereocenters. The minimum absolute atomic E-state index is 0.0291. The summed E-state index contributed by atoms with van der Waals surface area (Å²) < 4.78 is 0. The van der Waals surface area contributed by atoms with Crippen LogP contribution in [0.25, 0.3) is 0 Å². The Labute approximate surface area is 168 Å². The maximum absolute atomic E-state index is 12.8. The molecule has 0 fully saturated rings. The summed E-state index contributed by atoms with van der Waals surface area (Å²) in [6.45, 7) is 2.23. The number of halogens is 2. The molecular weight excluding hydrogens is 385 g/mol. The molecule has 0 aromatic heterocycles. The number of carbonyl (C=O) groups excluding carboxylic acids is 2. The van der Waals surface area contributed by atoms with Gasteiger partial charge in [0.05, 0.1) is 28.8 Å². The molecule has 1 unspecified atom stereocenters. The van der Waals surface area contributed by atoms with Crippen LogP contribution in [0.5, 0.6) is 0 Å². The van der Waals surface area contributed by atoms with Crippen molar-refractivity contribution >= 4 is 46.4 Å². The van der Waals surface area contributed by atoms with Crippen molar-refractivity contribution in [3.8, 4) is 0 Å². The van der Waals surface area contributed by atoms with E-state index in [4.69, 9.17) is 23.2 Å². The molecule has 0 aliphatic carbocycles. The quantitative estimate of drug-likeness (QED) is 0.821. The van der Waals surface area contributed by atoms with Crippen molar-refractivity contribution in [1.29, 1.82) is 0 Å². The average Bonchev–Trinajstić information content (AvgIpc) is 2.93. The number of likely N-dealkylation sites (N-methyl/N-ethyl adjacent to an activating group) is 1. The fourth-order valence-corrected chi connectivity index (χ4v) is 3.84. The van der Waals surface area contributed by atoms with Gasteiger partial charge < -0.3 is 10.2 Å². The minimum Gasteiger partial charge on any atom is -0.322 e. The summed E-state index contributed by atoms with van der Waals surface area (Å²) in [5.74, 6) is -0.311. The number of anilines is 2. The maximum Gasteiger partial charge on any atom is 0.241 e. The Morgan fingerprint density at radius 2 is 1.78 bits per heavy atom. The Morgan fingerprint density at radius 1 is 1.11 bits per heavy atom. The van der Waals surface area contributed by atoms with E-state index in [-0.39, 0.29) is 30.9 Å². The van der Waals surface area contributed by atoms with Crippen LogP contribution in [0.15, 0.2) is 42.5 Å². The van der Waals surface area contributed by atoms with E-state index in [1.807, 2.05) is 36.1 Å². The first-order valence-corrected chi connectivity index (χ1v) is 9.44. The van der Waals surface area contributed by atoms with Gasteiger partial charge in [0.25, 0.3) is 0 Å². The lowest BCUT2D eigenvalue weighted by Gasteiger charge is -2.25. The Morgan fingerprint density at radius 3 is 2.48 bits per heavy atom. The van der Waals surface area contributed by atoms with Gasteiger partial charge >= 0.3 is 0 Å². The molecule has 2 amide bonds. The van der Waals surface area contributed by atoms with Crippen LogP contribution >= 0.6 is 23.2 Å². The van der Waals surface area contributed by atoms with Crippen LogP contribution in [0, 0.1) is 0 Å². The molecule has 7 heteroatoms. The van der Waals surface area contributed by atoms with Gasteiger partial charge in [0.15, 0.2) is 0 Å². The lowest BCUT2D eigenvalue weighted by molar-refractivity contribution is -0.121. The van der Waals surface area contributed by atoms with Crippen LogP contribution in [-0.2, 0) is 16.0 Å². The Balaban J connectivity index is 1.60. The number of para-hydroxylation sites is 2. The molecule has 27 heavy (non-hydrogen) atoms. The number of nitrogens with one attached hydrogen (secondary N) is 1. The van der Waals surface area contributed by atoms with Crippen LogP contribution in [0.1, 0.15) is 12.5 Å². The normalized spacial score (nSPS) is 15.7. The van der Waals surface area contributed by atoms with Gasteiger partial charge in [-0.05, 0) is 44.2 Å². The van der Waals surface area contributed by atoms with Crippen LogP contribution in [0.3, 0.4) is 0 Å². The molecular formula is C20H21Cl2N3O2. The summed E-state index contributed by atoms with van der Waals surface area (Å²) in [6.07, 6.45) is 0.844. The predicted molar refractivity (Wildman–Crippen MR) is 110 cm³/mol.